The van der Waals surface area contributed by atoms with E-state index in [9.17, 15) is 43.9 Å². The zero-order valence-electron chi connectivity index (χ0n) is 12.0. The van der Waals surface area contributed by atoms with Crippen molar-refractivity contribution in [3.63, 3.8) is 0 Å². The summed E-state index contributed by atoms with van der Waals surface area (Å²) in [5.41, 5.74) is 0.802. The van der Waals surface area contributed by atoms with Crippen LogP contribution in [0.15, 0.2) is 24.3 Å². The number of alkyl halides is 6. The van der Waals surface area contributed by atoms with Gasteiger partial charge in [-0.05, 0) is 34.7 Å². The highest BCUT2D eigenvalue weighted by molar-refractivity contribution is 14.1. The molecule has 0 spiro atoms. The molecule has 1 nitrogen and oxygen atoms in total. The van der Waals surface area contributed by atoms with Gasteiger partial charge >= 0.3 is 12.4 Å². The number of hydrogen-bond donors (Lipinski definition) is 1. The molecule has 2 N–H and O–H groups in total. The molecular weight excluding hydrogens is 499 g/mol. The summed E-state index contributed by atoms with van der Waals surface area (Å²) in [4.78, 5) is 0. The number of hydrogen-bond acceptors (Lipinski definition) is 1. The summed E-state index contributed by atoms with van der Waals surface area (Å²) in [6.07, 6.45) is -9.68. The van der Waals surface area contributed by atoms with Crippen molar-refractivity contribution >= 4 is 28.3 Å². The summed E-state index contributed by atoms with van der Waals surface area (Å²) in [5, 5.41) is 0. The van der Waals surface area contributed by atoms with E-state index >= 15 is 0 Å². The highest BCUT2D eigenvalue weighted by Crippen LogP contribution is 2.36. The molecule has 0 unspecified atom stereocenters. The van der Waals surface area contributed by atoms with E-state index in [0.717, 1.165) is 0 Å². The van der Waals surface area contributed by atoms with Crippen LogP contribution in [0.1, 0.15) is 11.1 Å². The predicted molar refractivity (Wildman–Crippen MR) is 79.8 cm³/mol. The molecule has 0 bridgehead atoms. The Bertz CT molecular complexity index is 684. The van der Waals surface area contributed by atoms with Crippen LogP contribution < -0.4 is 5.73 Å². The minimum absolute atomic E-state index is 0.138. The third-order valence-corrected chi connectivity index (χ3v) is 3.51. The zero-order valence-corrected chi connectivity index (χ0v) is 14.2. The Labute approximate surface area is 152 Å². The van der Waals surface area contributed by atoms with E-state index in [0.29, 0.717) is 12.1 Å². The van der Waals surface area contributed by atoms with Gasteiger partial charge in [0.15, 0.2) is 0 Å². The van der Waals surface area contributed by atoms with Crippen molar-refractivity contribution in [3.05, 3.63) is 62.2 Å². The Morgan fingerprint density at radius 1 is 0.654 bits per heavy atom. The van der Waals surface area contributed by atoms with Crippen molar-refractivity contribution in [2.45, 2.75) is 12.4 Å². The summed E-state index contributed by atoms with van der Waals surface area (Å²) in [7, 11) is 0. The van der Waals surface area contributed by atoms with Crippen LogP contribution in [0.25, 0.3) is 0 Å². The van der Waals surface area contributed by atoms with Gasteiger partial charge in [-0.25, -0.2) is 17.6 Å². The first-order valence-corrected chi connectivity index (χ1v) is 7.26. The van der Waals surface area contributed by atoms with Gasteiger partial charge in [-0.1, -0.05) is 0 Å². The lowest BCUT2D eigenvalue weighted by atomic mass is 10.1. The molecule has 0 amide bonds. The van der Waals surface area contributed by atoms with Crippen molar-refractivity contribution in [1.29, 1.82) is 0 Å². The predicted octanol–water partition coefficient (Wildman–Crippen LogP) is 6.15. The van der Waals surface area contributed by atoms with Gasteiger partial charge in [0.2, 0.25) is 0 Å². The fourth-order valence-electron chi connectivity index (χ4n) is 1.71. The second-order valence-electron chi connectivity index (χ2n) is 4.59. The standard InChI is InChI=1S/C7H2F5I.C7H4F5N/c2*8-3-1-4(9)6(5(13)2-3)7(10,11)12/h1-2H;1-2H,13H2. The van der Waals surface area contributed by atoms with E-state index in [1.807, 2.05) is 0 Å². The molecule has 0 atom stereocenters. The van der Waals surface area contributed by atoms with Crippen molar-refractivity contribution in [2.24, 2.45) is 0 Å². The SMILES string of the molecule is Fc1cc(F)c(C(F)(F)F)c(I)c1.Nc1cc(F)cc(F)c1C(F)(F)F. The van der Waals surface area contributed by atoms with E-state index < -0.39 is 56.0 Å². The van der Waals surface area contributed by atoms with Gasteiger partial charge in [0.05, 0.1) is 0 Å². The van der Waals surface area contributed by atoms with Gasteiger partial charge in [-0.15, -0.1) is 0 Å². The highest BCUT2D eigenvalue weighted by atomic mass is 127. The molecule has 2 aromatic carbocycles. The average molecular weight is 505 g/mol. The summed E-state index contributed by atoms with van der Waals surface area (Å²) < 4.78 is 122. The number of halogens is 11. The van der Waals surface area contributed by atoms with Crippen LogP contribution in [0.4, 0.5) is 49.6 Å². The van der Waals surface area contributed by atoms with Crippen molar-refractivity contribution in [3.8, 4) is 0 Å². The largest absolute Gasteiger partial charge is 0.421 e. The monoisotopic (exact) mass is 505 g/mol. The number of anilines is 1. The molecule has 0 saturated carbocycles. The fourth-order valence-corrected chi connectivity index (χ4v) is 2.57. The van der Waals surface area contributed by atoms with E-state index in [1.54, 1.807) is 0 Å². The fraction of sp³-hybridized carbons (Fsp3) is 0.143. The maximum Gasteiger partial charge on any atom is 0.421 e. The maximum absolute atomic E-state index is 12.6. The highest BCUT2D eigenvalue weighted by Gasteiger charge is 2.37. The lowest BCUT2D eigenvalue weighted by Gasteiger charge is -2.10. The molecule has 12 heteroatoms. The van der Waals surface area contributed by atoms with E-state index in [2.05, 4.69) is 0 Å². The maximum atomic E-state index is 12.6. The van der Waals surface area contributed by atoms with Gasteiger partial charge in [0.1, 0.15) is 34.4 Å². The number of nitrogens with two attached hydrogens (primary N) is 1. The first kappa shape index (κ1) is 22.3. The molecule has 0 saturated heterocycles. The molecule has 0 aliphatic heterocycles. The molecule has 0 radical (unpaired) electrons. The molecular formula is C14H6F10IN. The van der Waals surface area contributed by atoms with E-state index in [-0.39, 0.29) is 12.1 Å². The van der Waals surface area contributed by atoms with Crippen LogP contribution in [0, 0.1) is 26.8 Å². The van der Waals surface area contributed by atoms with Crippen molar-refractivity contribution in [2.75, 3.05) is 5.73 Å². The van der Waals surface area contributed by atoms with Gasteiger partial charge < -0.3 is 5.73 Å². The number of nitrogen functional groups attached to an aromatic ring is 1. The van der Waals surface area contributed by atoms with Gasteiger partial charge in [-0.2, -0.15) is 26.3 Å². The number of rotatable bonds is 0. The summed E-state index contributed by atoms with van der Waals surface area (Å²) in [5.74, 6) is -5.44. The van der Waals surface area contributed by atoms with Gasteiger partial charge in [0.25, 0.3) is 0 Å². The normalized spacial score (nSPS) is 11.8. The summed E-state index contributed by atoms with van der Waals surface area (Å²) >= 11 is 1.24. The second-order valence-corrected chi connectivity index (χ2v) is 5.75. The first-order chi connectivity index (χ1) is 11.6. The Balaban J connectivity index is 0.000000260. The zero-order chi connectivity index (χ0) is 20.4. The Kier molecular flexibility index (Phi) is 6.76. The minimum Gasteiger partial charge on any atom is -0.398 e. The third kappa shape index (κ3) is 5.64. The van der Waals surface area contributed by atoms with Crippen molar-refractivity contribution < 1.29 is 43.9 Å². The molecule has 2 rings (SSSR count). The van der Waals surface area contributed by atoms with Crippen LogP contribution >= 0.6 is 22.6 Å². The lowest BCUT2D eigenvalue weighted by molar-refractivity contribution is -0.141. The van der Waals surface area contributed by atoms with Gasteiger partial charge in [-0.3, -0.25) is 0 Å². The molecule has 2 aromatic rings. The topological polar surface area (TPSA) is 26.0 Å². The molecule has 0 aliphatic carbocycles. The minimum atomic E-state index is -4.90. The third-order valence-electron chi connectivity index (χ3n) is 2.66. The smallest absolute Gasteiger partial charge is 0.398 e. The number of benzene rings is 2. The average Bonchev–Trinajstić information content (AvgIpc) is 2.32. The second kappa shape index (κ2) is 7.88. The molecule has 0 aliphatic rings. The lowest BCUT2D eigenvalue weighted by Crippen LogP contribution is -2.12. The molecule has 26 heavy (non-hydrogen) atoms. The van der Waals surface area contributed by atoms with E-state index in [1.165, 1.54) is 22.6 Å². The van der Waals surface area contributed by atoms with Crippen LogP contribution in [0.5, 0.6) is 0 Å². The van der Waals surface area contributed by atoms with Crippen LogP contribution in [0.2, 0.25) is 0 Å². The summed E-state index contributed by atoms with van der Waals surface area (Å²) in [6.45, 7) is 0. The molecule has 0 heterocycles. The molecule has 144 valence electrons. The van der Waals surface area contributed by atoms with Crippen molar-refractivity contribution in [1.82, 2.24) is 0 Å². The Hall–Kier alpha value is -1.73. The Morgan fingerprint density at radius 3 is 1.38 bits per heavy atom. The van der Waals surface area contributed by atoms with Crippen LogP contribution in [0.3, 0.4) is 0 Å². The molecule has 0 aromatic heterocycles. The molecule has 0 fully saturated rings. The first-order valence-electron chi connectivity index (χ1n) is 6.18. The summed E-state index contributed by atoms with van der Waals surface area (Å²) in [6, 6.07) is 1.41. The van der Waals surface area contributed by atoms with Gasteiger partial charge in [0, 0.05) is 21.4 Å². The Morgan fingerprint density at radius 2 is 1.04 bits per heavy atom. The van der Waals surface area contributed by atoms with Crippen LogP contribution in [-0.2, 0) is 12.4 Å². The van der Waals surface area contributed by atoms with Crippen LogP contribution in [-0.4, -0.2) is 0 Å². The quantitative estimate of drug-likeness (QED) is 0.260. The van der Waals surface area contributed by atoms with E-state index in [4.69, 9.17) is 5.73 Å².